The molecule has 5 heteroatoms. The maximum Gasteiger partial charge on any atom is 0.211 e. The number of ether oxygens (including phenoxy) is 1. The van der Waals surface area contributed by atoms with Crippen LogP contribution < -0.4 is 0 Å². The number of hydrogen-bond acceptors (Lipinski definition) is 3. The average Bonchev–Trinajstić information content (AvgIpc) is 2.57. The smallest absolute Gasteiger partial charge is 0.211 e. The second-order valence-electron chi connectivity index (χ2n) is 3.45. The maximum absolute atomic E-state index is 11.1. The van der Waals surface area contributed by atoms with Crippen molar-refractivity contribution in [2.75, 3.05) is 19.3 Å². The van der Waals surface area contributed by atoms with E-state index in [0.29, 0.717) is 25.3 Å². The normalized spacial score (nSPS) is 37.1. The third-order valence-corrected chi connectivity index (χ3v) is 3.79. The van der Waals surface area contributed by atoms with Gasteiger partial charge in [0.2, 0.25) is 10.0 Å². The van der Waals surface area contributed by atoms with Crippen molar-refractivity contribution in [3.63, 3.8) is 0 Å². The van der Waals surface area contributed by atoms with Gasteiger partial charge in [-0.05, 0) is 12.8 Å². The van der Waals surface area contributed by atoms with E-state index >= 15 is 0 Å². The predicted molar refractivity (Wildman–Crippen MR) is 44.3 cm³/mol. The summed E-state index contributed by atoms with van der Waals surface area (Å²) in [5, 5.41) is 0. The lowest BCUT2D eigenvalue weighted by Gasteiger charge is -2.17. The molecule has 0 bridgehead atoms. The molecule has 0 aromatic rings. The monoisotopic (exact) mass is 191 g/mol. The molecule has 0 aliphatic carbocycles. The Bertz CT molecular complexity index is 262. The van der Waals surface area contributed by atoms with Crippen LogP contribution in [0.4, 0.5) is 0 Å². The molecule has 4 nitrogen and oxygen atoms in total. The third-order valence-electron chi connectivity index (χ3n) is 2.48. The van der Waals surface area contributed by atoms with Crippen molar-refractivity contribution in [2.45, 2.75) is 25.0 Å². The van der Waals surface area contributed by atoms with Gasteiger partial charge in [-0.25, -0.2) is 12.7 Å². The Kier molecular flexibility index (Phi) is 1.89. The Morgan fingerprint density at radius 3 is 2.17 bits per heavy atom. The van der Waals surface area contributed by atoms with Gasteiger partial charge in [0.15, 0.2) is 0 Å². The first-order chi connectivity index (χ1) is 5.57. The molecule has 2 aliphatic rings. The molecular weight excluding hydrogens is 178 g/mol. The van der Waals surface area contributed by atoms with Crippen molar-refractivity contribution in [3.05, 3.63) is 0 Å². The van der Waals surface area contributed by atoms with Crippen LogP contribution in [0.1, 0.15) is 12.8 Å². The molecule has 0 amide bonds. The largest absolute Gasteiger partial charge is 0.369 e. The van der Waals surface area contributed by atoms with Gasteiger partial charge in [0.1, 0.15) is 0 Å². The summed E-state index contributed by atoms with van der Waals surface area (Å²) in [6.45, 7) is 1.25. The van der Waals surface area contributed by atoms with Gasteiger partial charge in [-0.1, -0.05) is 0 Å². The Balaban J connectivity index is 2.01. The molecule has 2 fully saturated rings. The van der Waals surface area contributed by atoms with Crippen LogP contribution >= 0.6 is 0 Å². The average molecular weight is 191 g/mol. The van der Waals surface area contributed by atoms with E-state index < -0.39 is 10.0 Å². The van der Waals surface area contributed by atoms with Crippen LogP contribution in [-0.4, -0.2) is 44.3 Å². The fourth-order valence-electron chi connectivity index (χ4n) is 1.67. The number of epoxide rings is 1. The van der Waals surface area contributed by atoms with Gasteiger partial charge in [-0.3, -0.25) is 0 Å². The van der Waals surface area contributed by atoms with Crippen LogP contribution in [0.2, 0.25) is 0 Å². The molecule has 2 rings (SSSR count). The van der Waals surface area contributed by atoms with Gasteiger partial charge in [0, 0.05) is 13.1 Å². The van der Waals surface area contributed by atoms with Crippen LogP contribution in [0.25, 0.3) is 0 Å². The van der Waals surface area contributed by atoms with Gasteiger partial charge in [0.25, 0.3) is 0 Å². The first kappa shape index (κ1) is 8.47. The molecule has 0 radical (unpaired) electrons. The molecule has 2 aliphatic heterocycles. The molecule has 12 heavy (non-hydrogen) atoms. The summed E-state index contributed by atoms with van der Waals surface area (Å²) >= 11 is 0. The van der Waals surface area contributed by atoms with E-state index in [4.69, 9.17) is 4.74 Å². The molecule has 0 aromatic carbocycles. The molecule has 2 heterocycles. The van der Waals surface area contributed by atoms with E-state index in [2.05, 4.69) is 0 Å². The number of rotatable bonds is 1. The van der Waals surface area contributed by atoms with Crippen molar-refractivity contribution in [1.29, 1.82) is 0 Å². The Hall–Kier alpha value is -0.130. The van der Waals surface area contributed by atoms with E-state index in [1.54, 1.807) is 4.31 Å². The van der Waals surface area contributed by atoms with E-state index in [0.717, 1.165) is 12.8 Å². The van der Waals surface area contributed by atoms with E-state index in [-0.39, 0.29) is 0 Å². The topological polar surface area (TPSA) is 49.9 Å². The van der Waals surface area contributed by atoms with E-state index in [9.17, 15) is 8.42 Å². The number of sulfonamides is 1. The van der Waals surface area contributed by atoms with Crippen molar-refractivity contribution in [2.24, 2.45) is 0 Å². The lowest BCUT2D eigenvalue weighted by molar-refractivity contribution is 0.301. The highest BCUT2D eigenvalue weighted by molar-refractivity contribution is 7.88. The summed E-state index contributed by atoms with van der Waals surface area (Å²) in [6, 6.07) is 0. The molecule has 0 spiro atoms. The van der Waals surface area contributed by atoms with Crippen LogP contribution in [0, 0.1) is 0 Å². The number of fused-ring (bicyclic) bond motifs is 1. The summed E-state index contributed by atoms with van der Waals surface area (Å²) in [6.07, 6.45) is 3.67. The SMILES string of the molecule is CS(=O)(=O)N1CC[C@@H]2O[C@H]2CC1. The summed E-state index contributed by atoms with van der Waals surface area (Å²) in [4.78, 5) is 0. The molecule has 2 saturated heterocycles. The zero-order chi connectivity index (χ0) is 8.77. The lowest BCUT2D eigenvalue weighted by Crippen LogP contribution is -2.31. The highest BCUT2D eigenvalue weighted by Crippen LogP contribution is 2.31. The number of nitrogens with zero attached hydrogens (tertiary/aromatic N) is 1. The summed E-state index contributed by atoms with van der Waals surface area (Å²) in [5.74, 6) is 0. The summed E-state index contributed by atoms with van der Waals surface area (Å²) in [5.41, 5.74) is 0. The number of hydrogen-bond donors (Lipinski definition) is 0. The minimum absolute atomic E-state index is 0.344. The summed E-state index contributed by atoms with van der Waals surface area (Å²) in [7, 11) is -2.97. The zero-order valence-corrected chi connectivity index (χ0v) is 7.88. The van der Waals surface area contributed by atoms with Gasteiger partial charge in [-0.15, -0.1) is 0 Å². The zero-order valence-electron chi connectivity index (χ0n) is 7.06. The first-order valence-corrected chi connectivity index (χ1v) is 6.03. The van der Waals surface area contributed by atoms with Gasteiger partial charge >= 0.3 is 0 Å². The van der Waals surface area contributed by atoms with E-state index in [1.807, 2.05) is 0 Å². The minimum Gasteiger partial charge on any atom is -0.369 e. The highest BCUT2D eigenvalue weighted by atomic mass is 32.2. The molecule has 0 saturated carbocycles. The Morgan fingerprint density at radius 2 is 1.75 bits per heavy atom. The van der Waals surface area contributed by atoms with Crippen molar-refractivity contribution < 1.29 is 13.2 Å². The maximum atomic E-state index is 11.1. The van der Waals surface area contributed by atoms with Crippen LogP contribution in [0.5, 0.6) is 0 Å². The van der Waals surface area contributed by atoms with Gasteiger partial charge in [0.05, 0.1) is 18.5 Å². The second-order valence-corrected chi connectivity index (χ2v) is 5.43. The predicted octanol–water partition coefficient (Wildman–Crippen LogP) is -0.191. The standard InChI is InChI=1S/C7H13NO3S/c1-12(9,10)8-4-2-6-7(11-6)3-5-8/h6-7H,2-5H2,1H3/t6-,7-/m0/s1. The van der Waals surface area contributed by atoms with Crippen LogP contribution in [0.3, 0.4) is 0 Å². The van der Waals surface area contributed by atoms with Gasteiger partial charge in [-0.2, -0.15) is 0 Å². The fraction of sp³-hybridized carbons (Fsp3) is 1.00. The quantitative estimate of drug-likeness (QED) is 0.540. The highest BCUT2D eigenvalue weighted by Gasteiger charge is 2.41. The third kappa shape index (κ3) is 1.62. The fourth-order valence-corrected chi connectivity index (χ4v) is 2.55. The Labute approximate surface area is 72.6 Å². The molecule has 0 N–H and O–H groups in total. The molecule has 0 aromatic heterocycles. The Morgan fingerprint density at radius 1 is 1.25 bits per heavy atom. The molecule has 0 unspecified atom stereocenters. The van der Waals surface area contributed by atoms with Crippen molar-refractivity contribution in [3.8, 4) is 0 Å². The summed E-state index contributed by atoms with van der Waals surface area (Å²) < 4.78 is 29.1. The van der Waals surface area contributed by atoms with Crippen molar-refractivity contribution in [1.82, 2.24) is 4.31 Å². The van der Waals surface area contributed by atoms with Crippen LogP contribution in [0.15, 0.2) is 0 Å². The minimum atomic E-state index is -2.97. The molecule has 70 valence electrons. The molecular formula is C7H13NO3S. The first-order valence-electron chi connectivity index (χ1n) is 4.18. The van der Waals surface area contributed by atoms with Crippen molar-refractivity contribution >= 4 is 10.0 Å². The molecule has 2 atom stereocenters. The second kappa shape index (κ2) is 2.68. The van der Waals surface area contributed by atoms with Gasteiger partial charge < -0.3 is 4.74 Å². The van der Waals surface area contributed by atoms with E-state index in [1.165, 1.54) is 6.26 Å². The lowest BCUT2D eigenvalue weighted by atomic mass is 10.2. The van der Waals surface area contributed by atoms with Crippen LogP contribution in [-0.2, 0) is 14.8 Å².